The summed E-state index contributed by atoms with van der Waals surface area (Å²) in [6.45, 7) is -1.62. The van der Waals surface area contributed by atoms with Gasteiger partial charge in [-0.15, -0.1) is 0 Å². The molecule has 0 amide bonds. The molecule has 7 heteroatoms. The second-order valence-electron chi connectivity index (χ2n) is 2.17. The van der Waals surface area contributed by atoms with E-state index in [2.05, 4.69) is 0 Å². The molecule has 13 heavy (non-hydrogen) atoms. The Morgan fingerprint density at radius 2 is 1.62 bits per heavy atom. The van der Waals surface area contributed by atoms with Gasteiger partial charge in [-0.25, -0.2) is 17.6 Å². The second kappa shape index (κ2) is 4.48. The minimum Gasteiger partial charge on any atom is -0.251 e. The van der Waals surface area contributed by atoms with Crippen molar-refractivity contribution < 1.29 is 30.7 Å². The van der Waals surface area contributed by atoms with Crippen LogP contribution in [-0.4, -0.2) is 18.8 Å². The van der Waals surface area contributed by atoms with Gasteiger partial charge in [-0.05, 0) is 0 Å². The molecule has 0 aromatic rings. The molecule has 1 atom stereocenters. The standard InChI is InChI=1S/C6H5F7/c7-2-1-6(12,13)4(9)3(8)5(10)11/h4H,1-2H2. The van der Waals surface area contributed by atoms with Crippen LogP contribution in [0.25, 0.3) is 0 Å². The van der Waals surface area contributed by atoms with Gasteiger partial charge in [0, 0.05) is 6.42 Å². The van der Waals surface area contributed by atoms with Gasteiger partial charge in [0.2, 0.25) is 12.0 Å². The number of halogens is 7. The first kappa shape index (κ1) is 12.2. The lowest BCUT2D eigenvalue weighted by Crippen LogP contribution is -2.31. The van der Waals surface area contributed by atoms with Crippen molar-refractivity contribution in [2.75, 3.05) is 6.67 Å². The molecule has 0 nitrogen and oxygen atoms in total. The van der Waals surface area contributed by atoms with Gasteiger partial charge in [0.1, 0.15) is 0 Å². The van der Waals surface area contributed by atoms with Crippen LogP contribution in [0, 0.1) is 0 Å². The topological polar surface area (TPSA) is 0 Å². The van der Waals surface area contributed by atoms with Gasteiger partial charge >= 0.3 is 6.08 Å². The van der Waals surface area contributed by atoms with Crippen molar-refractivity contribution in [2.24, 2.45) is 0 Å². The van der Waals surface area contributed by atoms with E-state index in [1.165, 1.54) is 0 Å². The third-order valence-electron chi connectivity index (χ3n) is 1.20. The maximum atomic E-state index is 12.2. The molecule has 78 valence electrons. The van der Waals surface area contributed by atoms with Crippen LogP contribution in [0.2, 0.25) is 0 Å². The third kappa shape index (κ3) is 3.23. The van der Waals surface area contributed by atoms with E-state index in [0.29, 0.717) is 0 Å². The summed E-state index contributed by atoms with van der Waals surface area (Å²) >= 11 is 0. The maximum Gasteiger partial charge on any atom is 0.304 e. The number of hydrogen-bond donors (Lipinski definition) is 0. The predicted octanol–water partition coefficient (Wildman–Crippen LogP) is 3.40. The first-order chi connectivity index (χ1) is 5.83. The number of rotatable bonds is 4. The Kier molecular flexibility index (Phi) is 4.22. The molecule has 0 spiro atoms. The molecular formula is C6H5F7. The van der Waals surface area contributed by atoms with Crippen molar-refractivity contribution in [1.29, 1.82) is 0 Å². The normalized spacial score (nSPS) is 14.1. The summed E-state index contributed by atoms with van der Waals surface area (Å²) in [5.74, 6) is -7.29. The van der Waals surface area contributed by atoms with Crippen LogP contribution in [0.1, 0.15) is 6.42 Å². The van der Waals surface area contributed by atoms with E-state index < -0.39 is 37.1 Å². The van der Waals surface area contributed by atoms with Crippen molar-refractivity contribution in [3.05, 3.63) is 11.9 Å². The van der Waals surface area contributed by atoms with Gasteiger partial charge < -0.3 is 0 Å². The van der Waals surface area contributed by atoms with Crippen LogP contribution in [-0.2, 0) is 0 Å². The lowest BCUT2D eigenvalue weighted by molar-refractivity contribution is -0.0762. The Morgan fingerprint density at radius 3 is 1.92 bits per heavy atom. The zero-order valence-electron chi connectivity index (χ0n) is 6.14. The first-order valence-electron chi connectivity index (χ1n) is 3.11. The highest BCUT2D eigenvalue weighted by Crippen LogP contribution is 2.32. The Hall–Kier alpha value is -0.750. The molecule has 0 aliphatic carbocycles. The zero-order chi connectivity index (χ0) is 10.6. The molecule has 0 aromatic heterocycles. The number of alkyl halides is 4. The molecule has 0 heterocycles. The van der Waals surface area contributed by atoms with Gasteiger partial charge in [-0.1, -0.05) is 0 Å². The summed E-state index contributed by atoms with van der Waals surface area (Å²) in [7, 11) is 0. The van der Waals surface area contributed by atoms with Crippen molar-refractivity contribution >= 4 is 0 Å². The molecule has 0 bridgehead atoms. The summed E-state index contributed by atoms with van der Waals surface area (Å²) in [5.41, 5.74) is 0. The van der Waals surface area contributed by atoms with E-state index in [1.54, 1.807) is 0 Å². The molecule has 0 radical (unpaired) electrons. The Morgan fingerprint density at radius 1 is 1.15 bits per heavy atom. The highest BCUT2D eigenvalue weighted by molar-refractivity contribution is 5.04. The molecule has 0 saturated carbocycles. The summed E-state index contributed by atoms with van der Waals surface area (Å²) in [6, 6.07) is 0. The van der Waals surface area contributed by atoms with Gasteiger partial charge in [0.05, 0.1) is 6.67 Å². The monoisotopic (exact) mass is 210 g/mol. The number of hydrogen-bond acceptors (Lipinski definition) is 0. The summed E-state index contributed by atoms with van der Waals surface area (Å²) in [4.78, 5) is 0. The fraction of sp³-hybridized carbons (Fsp3) is 0.667. The average molecular weight is 210 g/mol. The first-order valence-corrected chi connectivity index (χ1v) is 3.11. The van der Waals surface area contributed by atoms with E-state index in [9.17, 15) is 30.7 Å². The Balaban J connectivity index is 4.58. The van der Waals surface area contributed by atoms with Gasteiger partial charge in [-0.2, -0.15) is 8.78 Å². The Labute approximate surface area is 69.0 Å². The molecular weight excluding hydrogens is 205 g/mol. The van der Waals surface area contributed by atoms with Crippen LogP contribution < -0.4 is 0 Å². The molecule has 0 rings (SSSR count). The van der Waals surface area contributed by atoms with E-state index >= 15 is 0 Å². The van der Waals surface area contributed by atoms with Crippen molar-refractivity contribution in [1.82, 2.24) is 0 Å². The SMILES string of the molecule is FCCC(F)(F)C(F)C(F)=C(F)F. The highest BCUT2D eigenvalue weighted by Gasteiger charge is 2.44. The summed E-state index contributed by atoms with van der Waals surface area (Å²) < 4.78 is 82.4. The molecule has 0 fully saturated rings. The summed E-state index contributed by atoms with van der Waals surface area (Å²) in [5, 5.41) is 0. The third-order valence-corrected chi connectivity index (χ3v) is 1.20. The lowest BCUT2D eigenvalue weighted by atomic mass is 10.1. The van der Waals surface area contributed by atoms with E-state index in [-0.39, 0.29) is 0 Å². The quantitative estimate of drug-likeness (QED) is 0.624. The van der Waals surface area contributed by atoms with E-state index in [4.69, 9.17) is 0 Å². The number of allylic oxidation sites excluding steroid dienone is 1. The van der Waals surface area contributed by atoms with Crippen LogP contribution in [0.5, 0.6) is 0 Å². The van der Waals surface area contributed by atoms with Crippen LogP contribution >= 0.6 is 0 Å². The van der Waals surface area contributed by atoms with Crippen molar-refractivity contribution in [3.63, 3.8) is 0 Å². The lowest BCUT2D eigenvalue weighted by Gasteiger charge is -2.17. The fourth-order valence-corrected chi connectivity index (χ4v) is 0.534. The molecule has 0 aliphatic rings. The van der Waals surface area contributed by atoms with Crippen molar-refractivity contribution in [3.8, 4) is 0 Å². The maximum absolute atomic E-state index is 12.2. The van der Waals surface area contributed by atoms with Crippen LogP contribution in [0.4, 0.5) is 30.7 Å². The predicted molar refractivity (Wildman–Crippen MR) is 30.8 cm³/mol. The molecule has 0 saturated heterocycles. The Bertz CT molecular complexity index is 193. The van der Waals surface area contributed by atoms with Crippen LogP contribution in [0.3, 0.4) is 0 Å². The molecule has 0 N–H and O–H groups in total. The molecule has 0 aromatic carbocycles. The highest BCUT2D eigenvalue weighted by atomic mass is 19.3. The van der Waals surface area contributed by atoms with Crippen molar-refractivity contribution in [2.45, 2.75) is 18.5 Å². The minimum atomic E-state index is -4.44. The van der Waals surface area contributed by atoms with Gasteiger partial charge in [-0.3, -0.25) is 4.39 Å². The zero-order valence-corrected chi connectivity index (χ0v) is 6.14. The fourth-order valence-electron chi connectivity index (χ4n) is 0.534. The molecule has 0 aliphatic heterocycles. The summed E-state index contributed by atoms with van der Waals surface area (Å²) in [6.07, 6.45) is -8.58. The van der Waals surface area contributed by atoms with Crippen LogP contribution in [0.15, 0.2) is 11.9 Å². The van der Waals surface area contributed by atoms with Gasteiger partial charge in [0.25, 0.3) is 5.92 Å². The van der Waals surface area contributed by atoms with Gasteiger partial charge in [0.15, 0.2) is 0 Å². The second-order valence-corrected chi connectivity index (χ2v) is 2.17. The average Bonchev–Trinajstić information content (AvgIpc) is 2.01. The molecule has 1 unspecified atom stereocenters. The minimum absolute atomic E-state index is 1.62. The van der Waals surface area contributed by atoms with E-state index in [1.807, 2.05) is 0 Å². The smallest absolute Gasteiger partial charge is 0.251 e. The largest absolute Gasteiger partial charge is 0.304 e. The van der Waals surface area contributed by atoms with E-state index in [0.717, 1.165) is 0 Å².